The molecule has 1 amide bonds. The van der Waals surface area contributed by atoms with Crippen LogP contribution >= 0.6 is 15.9 Å². The van der Waals surface area contributed by atoms with Crippen LogP contribution in [0, 0.1) is 0 Å². The van der Waals surface area contributed by atoms with Gasteiger partial charge in [0.05, 0.1) is 13.2 Å². The third-order valence-electron chi connectivity index (χ3n) is 3.63. The average molecular weight is 341 g/mol. The molecule has 0 radical (unpaired) electrons. The monoisotopic (exact) mass is 340 g/mol. The summed E-state index contributed by atoms with van der Waals surface area (Å²) in [4.78, 5) is 14.2. The highest BCUT2D eigenvalue weighted by molar-refractivity contribution is 9.10. The molecule has 1 aliphatic heterocycles. The largest absolute Gasteiger partial charge is 0.496 e. The summed E-state index contributed by atoms with van der Waals surface area (Å²) >= 11 is 3.46. The van der Waals surface area contributed by atoms with Crippen LogP contribution in [0.5, 0.6) is 5.75 Å². The van der Waals surface area contributed by atoms with Gasteiger partial charge in [-0.15, -0.1) is 0 Å². The molecule has 20 heavy (non-hydrogen) atoms. The van der Waals surface area contributed by atoms with Crippen molar-refractivity contribution in [1.29, 1.82) is 0 Å². The first-order valence-electron chi connectivity index (χ1n) is 6.92. The van der Waals surface area contributed by atoms with Crippen molar-refractivity contribution in [2.45, 2.75) is 31.8 Å². The average Bonchev–Trinajstić information content (AvgIpc) is 2.47. The molecule has 4 nitrogen and oxygen atoms in total. The number of nitrogens with one attached hydrogen (secondary N) is 1. The lowest BCUT2D eigenvalue weighted by atomic mass is 10.0. The van der Waals surface area contributed by atoms with E-state index in [1.165, 1.54) is 0 Å². The summed E-state index contributed by atoms with van der Waals surface area (Å²) in [6, 6.07) is 5.81. The van der Waals surface area contributed by atoms with Gasteiger partial charge >= 0.3 is 0 Å². The molecule has 0 saturated carbocycles. The molecule has 1 saturated heterocycles. The summed E-state index contributed by atoms with van der Waals surface area (Å²) in [6.45, 7) is 1.49. The first-order chi connectivity index (χ1) is 9.61. The summed E-state index contributed by atoms with van der Waals surface area (Å²) in [5.41, 5.74) is 1.01. The molecular weight excluding hydrogens is 320 g/mol. The van der Waals surface area contributed by atoms with Gasteiger partial charge < -0.3 is 15.0 Å². The second-order valence-electron chi connectivity index (χ2n) is 5.15. The van der Waals surface area contributed by atoms with Crippen LogP contribution in [0.3, 0.4) is 0 Å². The molecule has 2 rings (SSSR count). The van der Waals surface area contributed by atoms with Crippen molar-refractivity contribution in [3.8, 4) is 5.75 Å². The molecule has 0 spiro atoms. The molecule has 1 aromatic rings. The van der Waals surface area contributed by atoms with Gasteiger partial charge in [0.25, 0.3) is 0 Å². The molecule has 1 fully saturated rings. The Labute approximate surface area is 128 Å². The number of ether oxygens (including phenoxy) is 1. The number of hydrogen-bond acceptors (Lipinski definition) is 3. The number of likely N-dealkylation sites (N-methyl/N-ethyl adjacent to an activating group) is 1. The maximum absolute atomic E-state index is 12.4. The molecule has 1 N–H and O–H groups in total. The Morgan fingerprint density at radius 2 is 2.30 bits per heavy atom. The maximum Gasteiger partial charge on any atom is 0.239 e. The van der Waals surface area contributed by atoms with Crippen LogP contribution in [0.1, 0.15) is 24.8 Å². The Balaban J connectivity index is 2.04. The lowest BCUT2D eigenvalue weighted by Crippen LogP contribution is -2.47. The smallest absolute Gasteiger partial charge is 0.239 e. The fraction of sp³-hybridized carbons (Fsp3) is 0.533. The lowest BCUT2D eigenvalue weighted by Gasteiger charge is -2.28. The van der Waals surface area contributed by atoms with Crippen molar-refractivity contribution in [1.82, 2.24) is 10.2 Å². The van der Waals surface area contributed by atoms with Gasteiger partial charge in [-0.05, 0) is 37.6 Å². The second-order valence-corrected chi connectivity index (χ2v) is 6.07. The van der Waals surface area contributed by atoms with Gasteiger partial charge in [-0.3, -0.25) is 4.79 Å². The van der Waals surface area contributed by atoms with Crippen LogP contribution in [-0.4, -0.2) is 37.6 Å². The van der Waals surface area contributed by atoms with Crippen LogP contribution in [0.15, 0.2) is 22.7 Å². The quantitative estimate of drug-likeness (QED) is 0.915. The second kappa shape index (κ2) is 7.09. The number of halogens is 1. The molecule has 1 heterocycles. The Hall–Kier alpha value is -1.07. The predicted octanol–water partition coefficient (Wildman–Crippen LogP) is 2.56. The number of carbonyl (C=O) groups excluding carboxylic acids is 1. The van der Waals surface area contributed by atoms with Gasteiger partial charge in [0, 0.05) is 23.6 Å². The molecular formula is C15H21BrN2O2. The number of nitrogens with zero attached hydrogens (tertiary/aromatic N) is 1. The molecule has 1 aromatic carbocycles. The first kappa shape index (κ1) is 15.3. The molecule has 0 aliphatic carbocycles. The van der Waals surface area contributed by atoms with E-state index in [1.807, 2.05) is 25.2 Å². The van der Waals surface area contributed by atoms with Crippen LogP contribution in [0.2, 0.25) is 0 Å². The highest BCUT2D eigenvalue weighted by Crippen LogP contribution is 2.24. The number of hydrogen-bond donors (Lipinski definition) is 1. The number of carbonyl (C=O) groups is 1. The highest BCUT2D eigenvalue weighted by Gasteiger charge is 2.24. The van der Waals surface area contributed by atoms with E-state index < -0.39 is 0 Å². The van der Waals surface area contributed by atoms with Gasteiger partial charge in [0.1, 0.15) is 5.75 Å². The summed E-state index contributed by atoms with van der Waals surface area (Å²) in [6.07, 6.45) is 3.21. The van der Waals surface area contributed by atoms with E-state index in [9.17, 15) is 4.79 Å². The standard InChI is InChI=1S/C15H21BrN2O2/c1-18(15(19)13-5-3-4-8-17-13)10-11-9-12(16)6-7-14(11)20-2/h6-7,9,13,17H,3-5,8,10H2,1-2H3. The van der Waals surface area contributed by atoms with Crippen molar-refractivity contribution >= 4 is 21.8 Å². The van der Waals surface area contributed by atoms with Crippen molar-refractivity contribution in [2.24, 2.45) is 0 Å². The molecule has 1 aliphatic rings. The summed E-state index contributed by atoms with van der Waals surface area (Å²) in [7, 11) is 3.50. The van der Waals surface area contributed by atoms with Gasteiger partial charge in [0.15, 0.2) is 0 Å². The van der Waals surface area contributed by atoms with Crippen LogP contribution in [0.25, 0.3) is 0 Å². The minimum atomic E-state index is -0.0353. The molecule has 0 aromatic heterocycles. The Morgan fingerprint density at radius 1 is 1.50 bits per heavy atom. The van der Waals surface area contributed by atoms with Crippen molar-refractivity contribution in [3.05, 3.63) is 28.2 Å². The van der Waals surface area contributed by atoms with Crippen LogP contribution in [0.4, 0.5) is 0 Å². The molecule has 1 unspecified atom stereocenters. The molecule has 0 bridgehead atoms. The Bertz CT molecular complexity index is 473. The predicted molar refractivity (Wildman–Crippen MR) is 82.8 cm³/mol. The number of amides is 1. The first-order valence-corrected chi connectivity index (χ1v) is 7.72. The minimum Gasteiger partial charge on any atom is -0.496 e. The van der Waals surface area contributed by atoms with E-state index in [4.69, 9.17) is 4.74 Å². The van der Waals surface area contributed by atoms with Crippen molar-refractivity contribution in [3.63, 3.8) is 0 Å². The number of methoxy groups -OCH3 is 1. The third kappa shape index (κ3) is 3.73. The number of rotatable bonds is 4. The van der Waals surface area contributed by atoms with Crippen molar-refractivity contribution in [2.75, 3.05) is 20.7 Å². The zero-order valence-corrected chi connectivity index (χ0v) is 13.6. The molecule has 110 valence electrons. The van der Waals surface area contributed by atoms with Crippen LogP contribution in [-0.2, 0) is 11.3 Å². The van der Waals surface area contributed by atoms with Gasteiger partial charge in [-0.1, -0.05) is 22.4 Å². The van der Waals surface area contributed by atoms with Crippen molar-refractivity contribution < 1.29 is 9.53 Å². The summed E-state index contributed by atoms with van der Waals surface area (Å²) in [5.74, 6) is 0.969. The van der Waals surface area contributed by atoms with E-state index in [0.717, 1.165) is 41.6 Å². The SMILES string of the molecule is COc1ccc(Br)cc1CN(C)C(=O)C1CCCCN1. The summed E-state index contributed by atoms with van der Waals surface area (Å²) in [5, 5.41) is 3.29. The highest BCUT2D eigenvalue weighted by atomic mass is 79.9. The number of benzene rings is 1. The van der Waals surface area contributed by atoms with Gasteiger partial charge in [-0.2, -0.15) is 0 Å². The van der Waals surface area contributed by atoms with E-state index in [0.29, 0.717) is 6.54 Å². The lowest BCUT2D eigenvalue weighted by molar-refractivity contribution is -0.133. The normalized spacial score (nSPS) is 18.6. The number of piperidine rings is 1. The van der Waals surface area contributed by atoms with Gasteiger partial charge in [-0.25, -0.2) is 0 Å². The zero-order chi connectivity index (χ0) is 14.5. The third-order valence-corrected chi connectivity index (χ3v) is 4.13. The minimum absolute atomic E-state index is 0.0353. The fourth-order valence-corrected chi connectivity index (χ4v) is 2.94. The Kier molecular flexibility index (Phi) is 5.43. The van der Waals surface area contributed by atoms with E-state index in [-0.39, 0.29) is 11.9 Å². The maximum atomic E-state index is 12.4. The van der Waals surface area contributed by atoms with Gasteiger partial charge in [0.2, 0.25) is 5.91 Å². The summed E-state index contributed by atoms with van der Waals surface area (Å²) < 4.78 is 6.34. The fourth-order valence-electron chi connectivity index (χ4n) is 2.53. The Morgan fingerprint density at radius 3 is 2.95 bits per heavy atom. The van der Waals surface area contributed by atoms with E-state index >= 15 is 0 Å². The topological polar surface area (TPSA) is 41.6 Å². The van der Waals surface area contributed by atoms with E-state index in [1.54, 1.807) is 12.0 Å². The van der Waals surface area contributed by atoms with Crippen LogP contribution < -0.4 is 10.1 Å². The molecule has 5 heteroatoms. The van der Waals surface area contributed by atoms with E-state index in [2.05, 4.69) is 21.2 Å². The molecule has 1 atom stereocenters. The zero-order valence-electron chi connectivity index (χ0n) is 12.0.